The van der Waals surface area contributed by atoms with Crippen molar-refractivity contribution < 1.29 is 22.1 Å². The molecule has 160 valence electrons. The average Bonchev–Trinajstić information content (AvgIpc) is 3.43. The number of nitrogens with one attached hydrogen (secondary N) is 1. The lowest BCUT2D eigenvalue weighted by atomic mass is 10.1. The highest BCUT2D eigenvalue weighted by Crippen LogP contribution is 2.37. The molecular weight excluding hydrogens is 411 g/mol. The molecule has 2 aromatic heterocycles. The summed E-state index contributed by atoms with van der Waals surface area (Å²) in [6.07, 6.45) is 1.91. The first kappa shape index (κ1) is 20.5. The van der Waals surface area contributed by atoms with Crippen LogP contribution in [0.25, 0.3) is 0 Å². The van der Waals surface area contributed by atoms with Crippen molar-refractivity contribution in [2.75, 3.05) is 13.2 Å². The minimum atomic E-state index is -3.75. The van der Waals surface area contributed by atoms with Crippen LogP contribution in [-0.2, 0) is 16.4 Å². The first-order chi connectivity index (χ1) is 14.4. The van der Waals surface area contributed by atoms with Gasteiger partial charge in [0.05, 0.1) is 18.3 Å². The topological polar surface area (TPSA) is 101 Å². The highest BCUT2D eigenvalue weighted by Gasteiger charge is 2.40. The number of rotatable bonds is 7. The maximum Gasteiger partial charge on any atom is 0.249 e. The predicted molar refractivity (Wildman–Crippen MR) is 106 cm³/mol. The molecule has 30 heavy (non-hydrogen) atoms. The third-order valence-corrected chi connectivity index (χ3v) is 7.35. The first-order valence-corrected chi connectivity index (χ1v) is 11.2. The van der Waals surface area contributed by atoms with Crippen molar-refractivity contribution in [1.82, 2.24) is 19.7 Å². The van der Waals surface area contributed by atoms with Gasteiger partial charge in [0, 0.05) is 18.7 Å². The molecule has 10 heteroatoms. The van der Waals surface area contributed by atoms with Crippen molar-refractivity contribution in [2.24, 2.45) is 0 Å². The Hall–Kier alpha value is -2.72. The van der Waals surface area contributed by atoms with Gasteiger partial charge in [-0.2, -0.15) is 9.40 Å². The predicted octanol–water partition coefficient (Wildman–Crippen LogP) is 3.30. The zero-order valence-electron chi connectivity index (χ0n) is 16.8. The molecule has 1 N–H and O–H groups in total. The molecule has 8 nitrogen and oxygen atoms in total. The summed E-state index contributed by atoms with van der Waals surface area (Å²) in [6, 6.07) is 7.72. The molecule has 0 saturated carbocycles. The van der Waals surface area contributed by atoms with Gasteiger partial charge in [0.25, 0.3) is 0 Å². The quantitative estimate of drug-likeness (QED) is 0.612. The molecule has 1 saturated heterocycles. The van der Waals surface area contributed by atoms with Crippen molar-refractivity contribution in [1.29, 1.82) is 0 Å². The Morgan fingerprint density at radius 3 is 2.87 bits per heavy atom. The summed E-state index contributed by atoms with van der Waals surface area (Å²) in [6.45, 7) is 3.90. The molecule has 0 aliphatic carbocycles. The Morgan fingerprint density at radius 1 is 1.33 bits per heavy atom. The summed E-state index contributed by atoms with van der Waals surface area (Å²) in [5, 5.41) is 11.0. The molecule has 0 spiro atoms. The molecule has 1 atom stereocenters. The van der Waals surface area contributed by atoms with Crippen LogP contribution in [0.5, 0.6) is 5.75 Å². The fourth-order valence-electron chi connectivity index (χ4n) is 3.79. The number of aryl methyl sites for hydroxylation is 2. The maximum absolute atomic E-state index is 13.6. The number of sulfonamides is 1. The van der Waals surface area contributed by atoms with E-state index in [9.17, 15) is 12.8 Å². The SMILES string of the molecule is Cc1noc(C)c1S(=O)(=O)N1CCC[C@@H]1c1cc(CCOc2ccccc2F)[nH]n1. The summed E-state index contributed by atoms with van der Waals surface area (Å²) in [7, 11) is -3.75. The molecule has 0 bridgehead atoms. The van der Waals surface area contributed by atoms with E-state index in [-0.39, 0.29) is 29.1 Å². The second-order valence-corrected chi connectivity index (χ2v) is 9.10. The molecule has 4 rings (SSSR count). The van der Waals surface area contributed by atoms with Gasteiger partial charge < -0.3 is 9.26 Å². The van der Waals surface area contributed by atoms with Crippen LogP contribution in [0.2, 0.25) is 0 Å². The van der Waals surface area contributed by atoms with E-state index in [0.29, 0.717) is 30.8 Å². The fourth-order valence-corrected chi connectivity index (χ4v) is 5.76. The second-order valence-electron chi connectivity index (χ2n) is 7.27. The van der Waals surface area contributed by atoms with E-state index < -0.39 is 15.8 Å². The van der Waals surface area contributed by atoms with Crippen LogP contribution in [0.1, 0.15) is 41.7 Å². The van der Waals surface area contributed by atoms with E-state index in [1.165, 1.54) is 10.4 Å². The fraction of sp³-hybridized carbons (Fsp3) is 0.400. The molecule has 0 radical (unpaired) electrons. The second kappa shape index (κ2) is 8.19. The maximum atomic E-state index is 13.6. The normalized spacial score (nSPS) is 17.5. The van der Waals surface area contributed by atoms with Crippen molar-refractivity contribution in [3.05, 3.63) is 59.0 Å². The van der Waals surface area contributed by atoms with Gasteiger partial charge in [-0.1, -0.05) is 17.3 Å². The van der Waals surface area contributed by atoms with Gasteiger partial charge in [-0.05, 0) is 44.9 Å². The van der Waals surface area contributed by atoms with Gasteiger partial charge in [0.1, 0.15) is 10.6 Å². The smallest absolute Gasteiger partial charge is 0.249 e. The average molecular weight is 434 g/mol. The Morgan fingerprint density at radius 2 is 2.13 bits per heavy atom. The zero-order chi connectivity index (χ0) is 21.3. The highest BCUT2D eigenvalue weighted by molar-refractivity contribution is 7.89. The lowest BCUT2D eigenvalue weighted by Crippen LogP contribution is -2.31. The van der Waals surface area contributed by atoms with Gasteiger partial charge in [0.2, 0.25) is 10.0 Å². The van der Waals surface area contributed by atoms with E-state index >= 15 is 0 Å². The third-order valence-electron chi connectivity index (χ3n) is 5.20. The molecule has 1 fully saturated rings. The number of H-pyrrole nitrogens is 1. The van der Waals surface area contributed by atoms with Crippen LogP contribution in [0, 0.1) is 19.7 Å². The third kappa shape index (κ3) is 3.84. The molecule has 1 aromatic carbocycles. The largest absolute Gasteiger partial charge is 0.490 e. The molecule has 1 aliphatic rings. The van der Waals surface area contributed by atoms with Crippen LogP contribution in [0.4, 0.5) is 4.39 Å². The van der Waals surface area contributed by atoms with E-state index in [1.54, 1.807) is 32.0 Å². The molecule has 0 unspecified atom stereocenters. The van der Waals surface area contributed by atoms with Gasteiger partial charge in [-0.25, -0.2) is 12.8 Å². The summed E-state index contributed by atoms with van der Waals surface area (Å²) < 4.78 is 52.1. The number of halogens is 1. The van der Waals surface area contributed by atoms with Crippen LogP contribution in [0.3, 0.4) is 0 Å². The van der Waals surface area contributed by atoms with E-state index in [4.69, 9.17) is 9.26 Å². The van der Waals surface area contributed by atoms with Crippen molar-refractivity contribution in [3.8, 4) is 5.75 Å². The van der Waals surface area contributed by atoms with E-state index in [0.717, 1.165) is 12.1 Å². The molecule has 0 amide bonds. The van der Waals surface area contributed by atoms with Crippen LogP contribution in [-0.4, -0.2) is 41.2 Å². The standard InChI is InChI=1S/C20H23FN4O4S/c1-13-20(14(2)29-24-13)30(26,27)25-10-5-7-18(25)17-12-15(22-23-17)9-11-28-19-8-4-3-6-16(19)21/h3-4,6,8,12,18H,5,7,9-11H2,1-2H3,(H,22,23)/t18-/m1/s1. The Balaban J connectivity index is 1.47. The monoisotopic (exact) mass is 434 g/mol. The van der Waals surface area contributed by atoms with Crippen molar-refractivity contribution >= 4 is 10.0 Å². The van der Waals surface area contributed by atoms with E-state index in [2.05, 4.69) is 15.4 Å². The van der Waals surface area contributed by atoms with Gasteiger partial charge in [-0.15, -0.1) is 0 Å². The van der Waals surface area contributed by atoms with Crippen molar-refractivity contribution in [3.63, 3.8) is 0 Å². The lowest BCUT2D eigenvalue weighted by Gasteiger charge is -2.22. The minimum absolute atomic E-state index is 0.128. The summed E-state index contributed by atoms with van der Waals surface area (Å²) in [5.74, 6) is 0.0739. The minimum Gasteiger partial charge on any atom is -0.490 e. The Kier molecular flexibility index (Phi) is 5.61. The summed E-state index contributed by atoms with van der Waals surface area (Å²) in [4.78, 5) is 0.128. The van der Waals surface area contributed by atoms with Crippen molar-refractivity contribution in [2.45, 2.75) is 44.0 Å². The molecule has 1 aliphatic heterocycles. The first-order valence-electron chi connectivity index (χ1n) is 9.74. The van der Waals surface area contributed by atoms with Crippen LogP contribution < -0.4 is 4.74 Å². The molecular formula is C20H23FN4O4S. The van der Waals surface area contributed by atoms with Gasteiger partial charge in [-0.3, -0.25) is 5.10 Å². The molecule has 3 aromatic rings. The number of nitrogens with zero attached hydrogens (tertiary/aromatic N) is 3. The number of ether oxygens (including phenoxy) is 1. The lowest BCUT2D eigenvalue weighted by molar-refractivity contribution is 0.304. The number of hydrogen-bond donors (Lipinski definition) is 1. The number of para-hydroxylation sites is 1. The van der Waals surface area contributed by atoms with Crippen LogP contribution in [0.15, 0.2) is 39.8 Å². The van der Waals surface area contributed by atoms with E-state index in [1.807, 2.05) is 6.07 Å². The zero-order valence-corrected chi connectivity index (χ0v) is 17.6. The van der Waals surface area contributed by atoms with Gasteiger partial charge >= 0.3 is 0 Å². The van der Waals surface area contributed by atoms with Gasteiger partial charge in [0.15, 0.2) is 17.3 Å². The Labute approximate surface area is 174 Å². The summed E-state index contributed by atoms with van der Waals surface area (Å²) in [5.41, 5.74) is 1.80. The number of aromatic nitrogens is 3. The number of aromatic amines is 1. The Bertz CT molecular complexity index is 1120. The summed E-state index contributed by atoms with van der Waals surface area (Å²) >= 11 is 0. The molecule has 3 heterocycles. The number of benzene rings is 1. The highest BCUT2D eigenvalue weighted by atomic mass is 32.2. The van der Waals surface area contributed by atoms with Crippen LogP contribution >= 0.6 is 0 Å². The number of hydrogen-bond acceptors (Lipinski definition) is 6.